The predicted molar refractivity (Wildman–Crippen MR) is 136 cm³/mol. The van der Waals surface area contributed by atoms with E-state index in [2.05, 4.69) is 20.8 Å². The van der Waals surface area contributed by atoms with Gasteiger partial charge < -0.3 is 0 Å². The van der Waals surface area contributed by atoms with Crippen molar-refractivity contribution in [1.82, 2.24) is 0 Å². The van der Waals surface area contributed by atoms with Crippen molar-refractivity contribution in [3.8, 4) is 0 Å². The molecule has 0 rings (SSSR count). The fraction of sp³-hybridized carbons (Fsp3) is 1.00. The van der Waals surface area contributed by atoms with Crippen LogP contribution in [-0.2, 0) is 0 Å². The summed E-state index contributed by atoms with van der Waals surface area (Å²) in [4.78, 5) is 0. The molecule has 0 aromatic rings. The monoisotopic (exact) mass is 408 g/mol. The van der Waals surface area contributed by atoms with Crippen molar-refractivity contribution in [3.63, 3.8) is 0 Å². The third kappa shape index (κ3) is 24.1. The van der Waals surface area contributed by atoms with Crippen LogP contribution in [0.15, 0.2) is 0 Å². The van der Waals surface area contributed by atoms with Crippen molar-refractivity contribution in [2.45, 2.75) is 181 Å². The lowest BCUT2D eigenvalue weighted by atomic mass is 9.92. The first-order chi connectivity index (χ1) is 14.3. The van der Waals surface area contributed by atoms with Crippen LogP contribution in [0.5, 0.6) is 0 Å². The minimum atomic E-state index is 1.02. The molecule has 0 heteroatoms. The van der Waals surface area contributed by atoms with Crippen LogP contribution in [0.2, 0.25) is 0 Å². The molecule has 0 bridgehead atoms. The summed E-state index contributed by atoms with van der Waals surface area (Å²) in [6.45, 7) is 7.03. The molecule has 0 saturated heterocycles. The summed E-state index contributed by atoms with van der Waals surface area (Å²) in [5.41, 5.74) is 0. The van der Waals surface area contributed by atoms with E-state index in [1.807, 2.05) is 0 Å². The second-order valence-corrected chi connectivity index (χ2v) is 9.92. The summed E-state index contributed by atoms with van der Waals surface area (Å²) in [5.74, 6) is 1.02. The Morgan fingerprint density at radius 1 is 0.310 bits per heavy atom. The molecular formula is C29H60. The van der Waals surface area contributed by atoms with Crippen molar-refractivity contribution in [1.29, 1.82) is 0 Å². The van der Waals surface area contributed by atoms with E-state index in [1.54, 1.807) is 0 Å². The van der Waals surface area contributed by atoms with E-state index in [9.17, 15) is 0 Å². The molecular weight excluding hydrogens is 348 g/mol. The van der Waals surface area contributed by atoms with Gasteiger partial charge in [-0.05, 0) is 5.92 Å². The van der Waals surface area contributed by atoms with Crippen LogP contribution in [0.25, 0.3) is 0 Å². The maximum Gasteiger partial charge on any atom is -0.0417 e. The Balaban J connectivity index is 3.23. The first-order valence-electron chi connectivity index (χ1n) is 14.3. The quantitative estimate of drug-likeness (QED) is 0.132. The summed E-state index contributed by atoms with van der Waals surface area (Å²) >= 11 is 0. The zero-order valence-electron chi connectivity index (χ0n) is 21.3. The van der Waals surface area contributed by atoms with E-state index in [0.717, 1.165) is 5.92 Å². The minimum absolute atomic E-state index is 1.02. The predicted octanol–water partition coefficient (Wildman–Crippen LogP) is 11.4. The topological polar surface area (TPSA) is 0 Å². The Labute approximate surface area is 187 Å². The van der Waals surface area contributed by atoms with Crippen molar-refractivity contribution in [2.24, 2.45) is 5.92 Å². The van der Waals surface area contributed by atoms with Gasteiger partial charge in [0.05, 0.1) is 0 Å². The third-order valence-electron chi connectivity index (χ3n) is 7.01. The lowest BCUT2D eigenvalue weighted by Crippen LogP contribution is -1.99. The first kappa shape index (κ1) is 29.0. The van der Waals surface area contributed by atoms with Crippen molar-refractivity contribution in [3.05, 3.63) is 0 Å². The molecule has 0 aliphatic heterocycles. The van der Waals surface area contributed by atoms with Gasteiger partial charge in [0.1, 0.15) is 0 Å². The summed E-state index contributed by atoms with van der Waals surface area (Å²) in [7, 11) is 0. The molecule has 176 valence electrons. The fourth-order valence-corrected chi connectivity index (χ4v) is 4.75. The molecule has 0 amide bonds. The Bertz CT molecular complexity index is 269. The normalized spacial score (nSPS) is 12.5. The Hall–Kier alpha value is 0. The van der Waals surface area contributed by atoms with E-state index >= 15 is 0 Å². The van der Waals surface area contributed by atoms with Gasteiger partial charge in [-0.15, -0.1) is 0 Å². The molecule has 0 nitrogen and oxygen atoms in total. The molecule has 0 aliphatic carbocycles. The zero-order valence-corrected chi connectivity index (χ0v) is 21.3. The van der Waals surface area contributed by atoms with Crippen LogP contribution in [0.1, 0.15) is 181 Å². The number of hydrogen-bond donors (Lipinski definition) is 0. The van der Waals surface area contributed by atoms with Gasteiger partial charge in [-0.25, -0.2) is 0 Å². The molecule has 0 radical (unpaired) electrons. The molecule has 1 atom stereocenters. The van der Waals surface area contributed by atoms with Gasteiger partial charge >= 0.3 is 0 Å². The second-order valence-electron chi connectivity index (χ2n) is 9.92. The van der Waals surface area contributed by atoms with Gasteiger partial charge in [0.15, 0.2) is 0 Å². The molecule has 0 saturated carbocycles. The molecule has 1 unspecified atom stereocenters. The van der Waals surface area contributed by atoms with Crippen LogP contribution in [0.3, 0.4) is 0 Å². The SMILES string of the molecule is CCCCCCCCCCCCCCCCCC(CC)CCCCCCCCC. The highest BCUT2D eigenvalue weighted by Gasteiger charge is 2.06. The van der Waals surface area contributed by atoms with Crippen LogP contribution < -0.4 is 0 Å². The smallest absolute Gasteiger partial charge is 0.0417 e. The number of rotatable bonds is 25. The largest absolute Gasteiger partial charge is 0.0654 e. The van der Waals surface area contributed by atoms with Gasteiger partial charge in [0.2, 0.25) is 0 Å². The summed E-state index contributed by atoms with van der Waals surface area (Å²) in [5, 5.41) is 0. The van der Waals surface area contributed by atoms with E-state index in [1.165, 1.54) is 161 Å². The molecule has 0 aromatic carbocycles. The van der Waals surface area contributed by atoms with Gasteiger partial charge in [0, 0.05) is 0 Å². The highest BCUT2D eigenvalue weighted by molar-refractivity contribution is 4.59. The highest BCUT2D eigenvalue weighted by Crippen LogP contribution is 2.22. The third-order valence-corrected chi connectivity index (χ3v) is 7.01. The lowest BCUT2D eigenvalue weighted by molar-refractivity contribution is 0.392. The Morgan fingerprint density at radius 2 is 0.552 bits per heavy atom. The Morgan fingerprint density at radius 3 is 0.793 bits per heavy atom. The van der Waals surface area contributed by atoms with E-state index in [0.29, 0.717) is 0 Å². The highest BCUT2D eigenvalue weighted by atomic mass is 14.1. The first-order valence-corrected chi connectivity index (χ1v) is 14.3. The molecule has 0 spiro atoms. The molecule has 0 aliphatic rings. The lowest BCUT2D eigenvalue weighted by Gasteiger charge is -2.14. The average Bonchev–Trinajstić information content (AvgIpc) is 2.74. The molecule has 0 N–H and O–H groups in total. The number of hydrogen-bond acceptors (Lipinski definition) is 0. The van der Waals surface area contributed by atoms with E-state index < -0.39 is 0 Å². The van der Waals surface area contributed by atoms with Gasteiger partial charge in [-0.3, -0.25) is 0 Å². The summed E-state index contributed by atoms with van der Waals surface area (Å²) < 4.78 is 0. The van der Waals surface area contributed by atoms with Gasteiger partial charge in [-0.1, -0.05) is 181 Å². The maximum atomic E-state index is 2.41. The molecule has 0 aromatic heterocycles. The van der Waals surface area contributed by atoms with Gasteiger partial charge in [0.25, 0.3) is 0 Å². The van der Waals surface area contributed by atoms with Crippen LogP contribution >= 0.6 is 0 Å². The van der Waals surface area contributed by atoms with E-state index in [4.69, 9.17) is 0 Å². The van der Waals surface area contributed by atoms with E-state index in [-0.39, 0.29) is 0 Å². The fourth-order valence-electron chi connectivity index (χ4n) is 4.75. The molecule has 29 heavy (non-hydrogen) atoms. The van der Waals surface area contributed by atoms with Crippen LogP contribution in [0.4, 0.5) is 0 Å². The molecule has 0 heterocycles. The molecule has 0 fully saturated rings. The minimum Gasteiger partial charge on any atom is -0.0654 e. The Kier molecular flexibility index (Phi) is 26.0. The number of unbranched alkanes of at least 4 members (excludes halogenated alkanes) is 20. The van der Waals surface area contributed by atoms with Crippen LogP contribution in [-0.4, -0.2) is 0 Å². The van der Waals surface area contributed by atoms with Crippen LogP contribution in [0, 0.1) is 5.92 Å². The maximum absolute atomic E-state index is 2.41. The van der Waals surface area contributed by atoms with Gasteiger partial charge in [-0.2, -0.15) is 0 Å². The van der Waals surface area contributed by atoms with Crippen molar-refractivity contribution >= 4 is 0 Å². The standard InChI is InChI=1S/C29H60/c1-4-7-9-11-13-14-15-16-17-18-19-20-22-24-26-28-29(6-3)27-25-23-21-12-10-8-5-2/h29H,4-28H2,1-3H3. The zero-order chi connectivity index (χ0) is 21.3. The average molecular weight is 409 g/mol. The second kappa shape index (κ2) is 26.0. The summed E-state index contributed by atoms with van der Waals surface area (Å²) in [6, 6.07) is 0. The summed E-state index contributed by atoms with van der Waals surface area (Å²) in [6.07, 6.45) is 36.8. The van der Waals surface area contributed by atoms with Crippen molar-refractivity contribution < 1.29 is 0 Å². The van der Waals surface area contributed by atoms with Crippen molar-refractivity contribution in [2.75, 3.05) is 0 Å².